The fourth-order valence-electron chi connectivity index (χ4n) is 2.44. The molecule has 3 aliphatic rings. The van der Waals surface area contributed by atoms with Crippen LogP contribution in [0.4, 0.5) is 0 Å². The van der Waals surface area contributed by atoms with Crippen molar-refractivity contribution < 1.29 is 0 Å². The zero-order valence-corrected chi connectivity index (χ0v) is 14.1. The van der Waals surface area contributed by atoms with Crippen molar-refractivity contribution in [2.24, 2.45) is 0 Å². The van der Waals surface area contributed by atoms with E-state index in [1.54, 1.807) is 20.5 Å². The van der Waals surface area contributed by atoms with Gasteiger partial charge in [0.1, 0.15) is 0 Å². The van der Waals surface area contributed by atoms with Gasteiger partial charge in [0.2, 0.25) is 0 Å². The van der Waals surface area contributed by atoms with E-state index in [2.05, 4.69) is 32.2 Å². The molecule has 1 saturated heterocycles. The standard InChI is InChI=1S/C12H14S2Se2/c1-2-4-6-10-9(5-3-1)7-8-11(10)12-13-14-16-15-12/h7-8H,1-6H2. The van der Waals surface area contributed by atoms with E-state index in [1.807, 2.05) is 0 Å². The molecule has 3 rings (SSSR count). The molecule has 0 atom stereocenters. The number of rotatable bonds is 0. The van der Waals surface area contributed by atoms with Crippen LogP contribution in [0.1, 0.15) is 38.5 Å². The van der Waals surface area contributed by atoms with Crippen LogP contribution in [-0.4, -0.2) is 25.1 Å². The van der Waals surface area contributed by atoms with Crippen molar-refractivity contribution in [2.75, 3.05) is 0 Å². The summed E-state index contributed by atoms with van der Waals surface area (Å²) in [5.41, 5.74) is 5.04. The van der Waals surface area contributed by atoms with Gasteiger partial charge in [-0.15, -0.1) is 0 Å². The fraction of sp³-hybridized carbons (Fsp3) is 0.500. The molecule has 0 aromatic heterocycles. The van der Waals surface area contributed by atoms with Crippen molar-refractivity contribution >= 4 is 45.1 Å². The molecule has 1 aliphatic heterocycles. The molecule has 0 bridgehead atoms. The number of hydrogen-bond acceptors (Lipinski definition) is 2. The van der Waals surface area contributed by atoms with Crippen molar-refractivity contribution in [3.63, 3.8) is 0 Å². The summed E-state index contributed by atoms with van der Waals surface area (Å²) in [5.74, 6) is 0. The molecule has 0 spiro atoms. The van der Waals surface area contributed by atoms with E-state index in [1.165, 1.54) is 38.5 Å². The van der Waals surface area contributed by atoms with Gasteiger partial charge in [-0.25, -0.2) is 0 Å². The summed E-state index contributed by atoms with van der Waals surface area (Å²) in [6.45, 7) is 0. The summed E-state index contributed by atoms with van der Waals surface area (Å²) in [5, 5.41) is 0. The van der Waals surface area contributed by atoms with Crippen LogP contribution < -0.4 is 0 Å². The van der Waals surface area contributed by atoms with Gasteiger partial charge in [-0.2, -0.15) is 0 Å². The van der Waals surface area contributed by atoms with Crippen molar-refractivity contribution in [1.29, 1.82) is 0 Å². The molecule has 86 valence electrons. The maximum atomic E-state index is 2.42. The average Bonchev–Trinajstić information content (AvgIpc) is 2.86. The van der Waals surface area contributed by atoms with E-state index in [0.717, 1.165) is 25.1 Å². The van der Waals surface area contributed by atoms with Gasteiger partial charge in [0.15, 0.2) is 0 Å². The molecule has 2 aliphatic carbocycles. The molecule has 0 unspecified atom stereocenters. The average molecular weight is 380 g/mol. The van der Waals surface area contributed by atoms with Crippen LogP contribution in [0.15, 0.2) is 32.7 Å². The zero-order chi connectivity index (χ0) is 10.8. The van der Waals surface area contributed by atoms with E-state index >= 15 is 0 Å². The second-order valence-corrected chi connectivity index (χ2v) is 17.5. The minimum absolute atomic E-state index is 0.812. The number of hydrogen-bond donors (Lipinski definition) is 0. The van der Waals surface area contributed by atoms with Crippen LogP contribution in [-0.2, 0) is 0 Å². The van der Waals surface area contributed by atoms with Crippen molar-refractivity contribution in [3.8, 4) is 0 Å². The van der Waals surface area contributed by atoms with Crippen LogP contribution in [0.3, 0.4) is 0 Å². The molecule has 0 aromatic rings. The van der Waals surface area contributed by atoms with Gasteiger partial charge >= 0.3 is 116 Å². The summed E-state index contributed by atoms with van der Waals surface area (Å²) in [4.78, 5) is 0. The van der Waals surface area contributed by atoms with Crippen LogP contribution in [0.25, 0.3) is 0 Å². The molecular weight excluding hydrogens is 366 g/mol. The van der Waals surface area contributed by atoms with E-state index < -0.39 is 0 Å². The Morgan fingerprint density at radius 3 is 2.69 bits per heavy atom. The van der Waals surface area contributed by atoms with E-state index in [4.69, 9.17) is 0 Å². The third-order valence-corrected chi connectivity index (χ3v) is 20.6. The first-order valence-electron chi connectivity index (χ1n) is 5.78. The molecule has 0 saturated carbocycles. The summed E-state index contributed by atoms with van der Waals surface area (Å²) in [6, 6.07) is 0. The van der Waals surface area contributed by atoms with Gasteiger partial charge in [0.25, 0.3) is 0 Å². The van der Waals surface area contributed by atoms with Crippen LogP contribution in [0, 0.1) is 0 Å². The Morgan fingerprint density at radius 1 is 1.00 bits per heavy atom. The van der Waals surface area contributed by atoms with Crippen molar-refractivity contribution in [2.45, 2.75) is 38.5 Å². The third kappa shape index (κ3) is 2.53. The summed E-state index contributed by atoms with van der Waals surface area (Å²) in [7, 11) is 4.18. The first-order chi connectivity index (χ1) is 7.95. The molecule has 16 heavy (non-hydrogen) atoms. The predicted molar refractivity (Wildman–Crippen MR) is 77.6 cm³/mol. The van der Waals surface area contributed by atoms with Crippen molar-refractivity contribution in [1.82, 2.24) is 0 Å². The quantitative estimate of drug-likeness (QED) is 0.459. The molecular formula is C12H14S2Se2. The first kappa shape index (κ1) is 12.0. The van der Waals surface area contributed by atoms with E-state index in [0.29, 0.717) is 0 Å². The van der Waals surface area contributed by atoms with Crippen LogP contribution >= 0.6 is 20.0 Å². The summed E-state index contributed by atoms with van der Waals surface area (Å²) >= 11 is 1.67. The van der Waals surface area contributed by atoms with E-state index in [-0.39, 0.29) is 0 Å². The Labute approximate surface area is 115 Å². The second kappa shape index (κ2) is 5.73. The Balaban J connectivity index is 1.91. The van der Waals surface area contributed by atoms with Crippen LogP contribution in [0.2, 0.25) is 0 Å². The molecule has 1 fully saturated rings. The molecule has 0 radical (unpaired) electrons. The maximum absolute atomic E-state index is 2.42. The molecule has 1 heterocycles. The third-order valence-electron chi connectivity index (χ3n) is 3.25. The van der Waals surface area contributed by atoms with E-state index in [9.17, 15) is 0 Å². The Morgan fingerprint density at radius 2 is 1.88 bits per heavy atom. The molecule has 0 N–H and O–H groups in total. The van der Waals surface area contributed by atoms with Crippen LogP contribution in [0.5, 0.6) is 0 Å². The van der Waals surface area contributed by atoms with Gasteiger partial charge in [0, 0.05) is 0 Å². The molecule has 4 heteroatoms. The van der Waals surface area contributed by atoms with Gasteiger partial charge in [0.05, 0.1) is 0 Å². The normalized spacial score (nSPS) is 30.5. The SMILES string of the molecule is C1=CC(=C2SS[Se][Se]2)C2=C1CCCCCC2. The predicted octanol–water partition coefficient (Wildman–Crippen LogP) is 4.05. The van der Waals surface area contributed by atoms with Gasteiger partial charge < -0.3 is 0 Å². The number of allylic oxidation sites excluding steroid dienone is 5. The minimum atomic E-state index is 0.812. The molecule has 0 nitrogen and oxygen atoms in total. The van der Waals surface area contributed by atoms with Gasteiger partial charge in [-0.3, -0.25) is 0 Å². The Kier molecular flexibility index (Phi) is 4.31. The second-order valence-electron chi connectivity index (χ2n) is 4.26. The topological polar surface area (TPSA) is 0 Å². The van der Waals surface area contributed by atoms with Gasteiger partial charge in [-0.05, 0) is 0 Å². The summed E-state index contributed by atoms with van der Waals surface area (Å²) in [6.07, 6.45) is 13.2. The van der Waals surface area contributed by atoms with Gasteiger partial charge in [-0.1, -0.05) is 0 Å². The Hall–Kier alpha value is 0.959. The molecule has 0 amide bonds. The molecule has 0 aromatic carbocycles. The fourth-order valence-corrected chi connectivity index (χ4v) is 23.5. The summed E-state index contributed by atoms with van der Waals surface area (Å²) < 4.78 is 1.74. The monoisotopic (exact) mass is 382 g/mol. The zero-order valence-electron chi connectivity index (χ0n) is 9.03. The first-order valence-corrected chi connectivity index (χ1v) is 15.1. The van der Waals surface area contributed by atoms with Crippen molar-refractivity contribution in [3.05, 3.63) is 32.7 Å². The Bertz CT molecular complexity index is 374.